The number of nitriles is 1. The molecule has 1 aromatic rings. The van der Waals surface area contributed by atoms with Gasteiger partial charge in [-0.05, 0) is 31.8 Å². The summed E-state index contributed by atoms with van der Waals surface area (Å²) in [5.74, 6) is 0. The monoisotopic (exact) mass is 194 g/mol. The first kappa shape index (κ1) is 10.0. The predicted octanol–water partition coefficient (Wildman–Crippen LogP) is 2.47. The Labute approximate surface area is 83.3 Å². The Morgan fingerprint density at radius 3 is 2.23 bits per heavy atom. The molecule has 1 aromatic carbocycles. The van der Waals surface area contributed by atoms with Crippen LogP contribution in [0.2, 0.25) is 5.02 Å². The van der Waals surface area contributed by atoms with E-state index >= 15 is 0 Å². The van der Waals surface area contributed by atoms with Crippen LogP contribution in [0.15, 0.2) is 24.3 Å². The van der Waals surface area contributed by atoms with Crippen molar-refractivity contribution in [1.82, 2.24) is 4.90 Å². The van der Waals surface area contributed by atoms with Crippen molar-refractivity contribution in [3.05, 3.63) is 34.9 Å². The molecule has 0 spiro atoms. The lowest BCUT2D eigenvalue weighted by Gasteiger charge is -2.17. The third-order valence-electron chi connectivity index (χ3n) is 1.82. The van der Waals surface area contributed by atoms with E-state index in [2.05, 4.69) is 6.07 Å². The largest absolute Gasteiger partial charge is 0.291 e. The minimum absolute atomic E-state index is 0.197. The van der Waals surface area contributed by atoms with Gasteiger partial charge in [0.15, 0.2) is 0 Å². The molecule has 1 atom stereocenters. The normalized spacial score (nSPS) is 12.5. The molecule has 0 saturated carbocycles. The van der Waals surface area contributed by atoms with Crippen LogP contribution >= 0.6 is 11.6 Å². The van der Waals surface area contributed by atoms with Crippen molar-refractivity contribution in [2.45, 2.75) is 6.04 Å². The van der Waals surface area contributed by atoms with Gasteiger partial charge in [-0.3, -0.25) is 4.90 Å². The zero-order valence-electron chi connectivity index (χ0n) is 7.66. The van der Waals surface area contributed by atoms with E-state index < -0.39 is 0 Å². The fourth-order valence-electron chi connectivity index (χ4n) is 1.13. The quantitative estimate of drug-likeness (QED) is 0.723. The van der Waals surface area contributed by atoms with Crippen LogP contribution < -0.4 is 0 Å². The molecule has 68 valence electrons. The van der Waals surface area contributed by atoms with Gasteiger partial charge in [0.2, 0.25) is 0 Å². The summed E-state index contributed by atoms with van der Waals surface area (Å²) in [4.78, 5) is 1.86. The molecule has 13 heavy (non-hydrogen) atoms. The fraction of sp³-hybridized carbons (Fsp3) is 0.300. The van der Waals surface area contributed by atoms with Crippen molar-refractivity contribution in [2.75, 3.05) is 14.1 Å². The van der Waals surface area contributed by atoms with Crippen LogP contribution in [-0.2, 0) is 0 Å². The summed E-state index contributed by atoms with van der Waals surface area (Å²) in [7, 11) is 3.75. The highest BCUT2D eigenvalue weighted by Gasteiger charge is 2.11. The lowest BCUT2D eigenvalue weighted by molar-refractivity contribution is 0.358. The van der Waals surface area contributed by atoms with Crippen molar-refractivity contribution >= 4 is 11.6 Å². The number of rotatable bonds is 2. The first-order valence-electron chi connectivity index (χ1n) is 3.96. The lowest BCUT2D eigenvalue weighted by atomic mass is 10.1. The average molecular weight is 195 g/mol. The molecule has 2 nitrogen and oxygen atoms in total. The first-order chi connectivity index (χ1) is 6.15. The van der Waals surface area contributed by atoms with Crippen LogP contribution in [0.25, 0.3) is 0 Å². The average Bonchev–Trinajstić information content (AvgIpc) is 2.09. The number of benzene rings is 1. The van der Waals surface area contributed by atoms with Crippen LogP contribution in [-0.4, -0.2) is 19.0 Å². The summed E-state index contributed by atoms with van der Waals surface area (Å²) in [6.07, 6.45) is 0. The van der Waals surface area contributed by atoms with E-state index in [4.69, 9.17) is 16.9 Å². The standard InChI is InChI=1S/C10H11ClN2/c1-13(2)10(7-12)8-3-5-9(11)6-4-8/h3-6,10H,1-2H3/t10-/m0/s1. The molecule has 0 aromatic heterocycles. The Hall–Kier alpha value is -1.04. The topological polar surface area (TPSA) is 27.0 Å². The molecule has 0 radical (unpaired) electrons. The Bertz CT molecular complexity index is 311. The maximum absolute atomic E-state index is 8.89. The first-order valence-corrected chi connectivity index (χ1v) is 4.34. The SMILES string of the molecule is CN(C)[C@@H](C#N)c1ccc(Cl)cc1. The summed E-state index contributed by atoms with van der Waals surface area (Å²) >= 11 is 5.74. The molecule has 0 unspecified atom stereocenters. The summed E-state index contributed by atoms with van der Waals surface area (Å²) in [6, 6.07) is 9.36. The number of nitrogens with zero attached hydrogens (tertiary/aromatic N) is 2. The Morgan fingerprint density at radius 2 is 1.85 bits per heavy atom. The molecule has 0 heterocycles. The van der Waals surface area contributed by atoms with E-state index in [1.807, 2.05) is 31.1 Å². The van der Waals surface area contributed by atoms with Gasteiger partial charge in [0.1, 0.15) is 6.04 Å². The van der Waals surface area contributed by atoms with E-state index in [0.29, 0.717) is 5.02 Å². The second-order valence-electron chi connectivity index (χ2n) is 3.05. The van der Waals surface area contributed by atoms with Crippen molar-refractivity contribution < 1.29 is 0 Å². The second kappa shape index (κ2) is 4.27. The Kier molecular flexibility index (Phi) is 3.30. The zero-order chi connectivity index (χ0) is 9.84. The highest BCUT2D eigenvalue weighted by atomic mass is 35.5. The smallest absolute Gasteiger partial charge is 0.123 e. The van der Waals surface area contributed by atoms with E-state index in [1.54, 1.807) is 12.1 Å². The lowest BCUT2D eigenvalue weighted by Crippen LogP contribution is -2.17. The van der Waals surface area contributed by atoms with Crippen molar-refractivity contribution in [3.63, 3.8) is 0 Å². The van der Waals surface area contributed by atoms with E-state index in [1.165, 1.54) is 0 Å². The number of hydrogen-bond donors (Lipinski definition) is 0. The molecule has 0 saturated heterocycles. The molecule has 0 aliphatic heterocycles. The third kappa shape index (κ3) is 2.45. The third-order valence-corrected chi connectivity index (χ3v) is 2.08. The molecule has 0 fully saturated rings. The Morgan fingerprint density at radius 1 is 1.31 bits per heavy atom. The van der Waals surface area contributed by atoms with Crippen LogP contribution in [0.3, 0.4) is 0 Å². The molecule has 0 aliphatic rings. The van der Waals surface area contributed by atoms with Crippen molar-refractivity contribution in [2.24, 2.45) is 0 Å². The second-order valence-corrected chi connectivity index (χ2v) is 3.48. The van der Waals surface area contributed by atoms with Gasteiger partial charge >= 0.3 is 0 Å². The van der Waals surface area contributed by atoms with E-state index in [9.17, 15) is 0 Å². The highest BCUT2D eigenvalue weighted by molar-refractivity contribution is 6.30. The van der Waals surface area contributed by atoms with Gasteiger partial charge in [-0.25, -0.2) is 0 Å². The number of hydrogen-bond acceptors (Lipinski definition) is 2. The molecule has 3 heteroatoms. The molecule has 0 bridgehead atoms. The molecule has 0 amide bonds. The van der Waals surface area contributed by atoms with Crippen molar-refractivity contribution in [1.29, 1.82) is 5.26 Å². The molecule has 0 aliphatic carbocycles. The van der Waals surface area contributed by atoms with Gasteiger partial charge in [0.25, 0.3) is 0 Å². The van der Waals surface area contributed by atoms with Crippen LogP contribution in [0.5, 0.6) is 0 Å². The summed E-state index contributed by atoms with van der Waals surface area (Å²) in [6.45, 7) is 0. The van der Waals surface area contributed by atoms with Gasteiger partial charge in [-0.1, -0.05) is 23.7 Å². The van der Waals surface area contributed by atoms with Crippen molar-refractivity contribution in [3.8, 4) is 6.07 Å². The minimum Gasteiger partial charge on any atom is -0.291 e. The highest BCUT2D eigenvalue weighted by Crippen LogP contribution is 2.19. The van der Waals surface area contributed by atoms with Gasteiger partial charge < -0.3 is 0 Å². The van der Waals surface area contributed by atoms with Crippen LogP contribution in [0.4, 0.5) is 0 Å². The van der Waals surface area contributed by atoms with Gasteiger partial charge in [0.05, 0.1) is 6.07 Å². The molecule has 1 rings (SSSR count). The van der Waals surface area contributed by atoms with Crippen LogP contribution in [0, 0.1) is 11.3 Å². The Balaban J connectivity index is 2.94. The number of halogens is 1. The van der Waals surface area contributed by atoms with Gasteiger partial charge in [0, 0.05) is 5.02 Å². The maximum Gasteiger partial charge on any atom is 0.123 e. The summed E-state index contributed by atoms with van der Waals surface area (Å²) in [5.41, 5.74) is 0.969. The maximum atomic E-state index is 8.89. The summed E-state index contributed by atoms with van der Waals surface area (Å²) < 4.78 is 0. The molecule has 0 N–H and O–H groups in total. The van der Waals surface area contributed by atoms with Gasteiger partial charge in [-0.15, -0.1) is 0 Å². The van der Waals surface area contributed by atoms with Crippen LogP contribution in [0.1, 0.15) is 11.6 Å². The molecular formula is C10H11ClN2. The van der Waals surface area contributed by atoms with E-state index in [-0.39, 0.29) is 6.04 Å². The van der Waals surface area contributed by atoms with Gasteiger partial charge in [-0.2, -0.15) is 5.26 Å². The summed E-state index contributed by atoms with van der Waals surface area (Å²) in [5, 5.41) is 9.59. The predicted molar refractivity (Wildman–Crippen MR) is 53.5 cm³/mol. The minimum atomic E-state index is -0.197. The van der Waals surface area contributed by atoms with E-state index in [0.717, 1.165) is 5.56 Å². The zero-order valence-corrected chi connectivity index (χ0v) is 8.42. The molecular weight excluding hydrogens is 184 g/mol. The fourth-order valence-corrected chi connectivity index (χ4v) is 1.26.